The Morgan fingerprint density at radius 1 is 1.04 bits per heavy atom. The second-order valence-electron chi connectivity index (χ2n) is 6.08. The van der Waals surface area contributed by atoms with Crippen molar-refractivity contribution < 1.29 is 18.0 Å². The summed E-state index contributed by atoms with van der Waals surface area (Å²) in [6, 6.07) is 16.7. The number of nitrogens with one attached hydrogen (secondary N) is 1. The number of amides is 1. The smallest absolute Gasteiger partial charge is 0.352 e. The zero-order valence-electron chi connectivity index (χ0n) is 14.9. The van der Waals surface area contributed by atoms with Gasteiger partial charge >= 0.3 is 6.18 Å². The molecule has 0 saturated carbocycles. The van der Waals surface area contributed by atoms with Crippen LogP contribution in [0.2, 0.25) is 0 Å². The zero-order valence-corrected chi connectivity index (χ0v) is 14.9. The lowest BCUT2D eigenvalue weighted by Crippen LogP contribution is -2.25. The van der Waals surface area contributed by atoms with Gasteiger partial charge < -0.3 is 5.32 Å². The first kappa shape index (κ1) is 19.4. The van der Waals surface area contributed by atoms with Crippen LogP contribution in [-0.2, 0) is 11.2 Å². The van der Waals surface area contributed by atoms with Crippen molar-refractivity contribution in [2.75, 3.05) is 6.54 Å². The van der Waals surface area contributed by atoms with Crippen molar-refractivity contribution in [2.24, 2.45) is 0 Å². The van der Waals surface area contributed by atoms with E-state index in [0.29, 0.717) is 12.5 Å². The molecule has 2 aromatic carbocycles. The van der Waals surface area contributed by atoms with Gasteiger partial charge in [0.1, 0.15) is 0 Å². The summed E-state index contributed by atoms with van der Waals surface area (Å²) in [6.07, 6.45) is 0.0109. The molecule has 1 amide bonds. The highest BCUT2D eigenvalue weighted by molar-refractivity contribution is 5.96. The molecule has 1 heterocycles. The number of carbonyl (C=O) groups is 1. The van der Waals surface area contributed by atoms with Crippen molar-refractivity contribution in [1.29, 1.82) is 0 Å². The van der Waals surface area contributed by atoms with Crippen LogP contribution in [0.1, 0.15) is 11.1 Å². The first-order valence-corrected chi connectivity index (χ1v) is 8.64. The summed E-state index contributed by atoms with van der Waals surface area (Å²) in [7, 11) is 0. The molecular weight excluding hydrogens is 367 g/mol. The fourth-order valence-electron chi connectivity index (χ4n) is 2.70. The van der Waals surface area contributed by atoms with Gasteiger partial charge in [-0.15, -0.1) is 0 Å². The second kappa shape index (κ2) is 8.56. The number of hydrogen-bond donors (Lipinski definition) is 1. The quantitative estimate of drug-likeness (QED) is 0.647. The van der Waals surface area contributed by atoms with Gasteiger partial charge in [0.25, 0.3) is 0 Å². The molecule has 4 nitrogen and oxygen atoms in total. The highest BCUT2D eigenvalue weighted by atomic mass is 19.4. The van der Waals surface area contributed by atoms with Gasteiger partial charge in [-0.3, -0.25) is 4.79 Å². The van der Waals surface area contributed by atoms with E-state index in [9.17, 15) is 18.0 Å². The van der Waals surface area contributed by atoms with Crippen LogP contribution in [0.15, 0.2) is 79.1 Å². The third kappa shape index (κ3) is 5.09. The minimum atomic E-state index is -4.61. The standard InChI is InChI=1S/C21H18F3N3O/c22-21(23,24)19(17-5-2-1-3-6-17)15-20(28)25-13-11-16-7-9-18(10-8-16)27-14-4-12-26-27/h1-10,12,14-15H,11,13H2,(H,25,28)/b19-15+. The lowest BCUT2D eigenvalue weighted by Gasteiger charge is -2.12. The Bertz CT molecular complexity index is 931. The SMILES string of the molecule is O=C(/C=C(\c1ccccc1)C(F)(F)F)NCCc1ccc(-n2cccn2)cc1. The highest BCUT2D eigenvalue weighted by Crippen LogP contribution is 2.33. The predicted octanol–water partition coefficient (Wildman–Crippen LogP) is 4.18. The monoisotopic (exact) mass is 385 g/mol. The number of alkyl halides is 3. The number of allylic oxidation sites excluding steroid dienone is 1. The van der Waals surface area contributed by atoms with E-state index in [1.165, 1.54) is 24.3 Å². The molecule has 28 heavy (non-hydrogen) atoms. The van der Waals surface area contributed by atoms with Crippen LogP contribution >= 0.6 is 0 Å². The number of halogens is 3. The summed E-state index contributed by atoms with van der Waals surface area (Å²) in [5.74, 6) is -0.774. The summed E-state index contributed by atoms with van der Waals surface area (Å²) >= 11 is 0. The number of rotatable bonds is 6. The maximum absolute atomic E-state index is 13.3. The average molecular weight is 385 g/mol. The van der Waals surface area contributed by atoms with E-state index in [-0.39, 0.29) is 12.1 Å². The average Bonchev–Trinajstić information content (AvgIpc) is 3.21. The van der Waals surface area contributed by atoms with Crippen LogP contribution < -0.4 is 5.32 Å². The molecule has 144 valence electrons. The Hall–Kier alpha value is -3.35. The molecule has 0 radical (unpaired) electrons. The number of nitrogens with zero attached hydrogens (tertiary/aromatic N) is 2. The Labute approximate surface area is 160 Å². The Morgan fingerprint density at radius 2 is 1.75 bits per heavy atom. The number of hydrogen-bond acceptors (Lipinski definition) is 2. The lowest BCUT2D eigenvalue weighted by molar-refractivity contribution is -0.116. The van der Waals surface area contributed by atoms with Crippen molar-refractivity contribution in [3.63, 3.8) is 0 Å². The fraction of sp³-hybridized carbons (Fsp3) is 0.143. The van der Waals surface area contributed by atoms with Gasteiger partial charge in [0.2, 0.25) is 5.91 Å². The number of aromatic nitrogens is 2. The van der Waals surface area contributed by atoms with E-state index in [1.807, 2.05) is 36.5 Å². The van der Waals surface area contributed by atoms with E-state index >= 15 is 0 Å². The molecule has 0 fully saturated rings. The summed E-state index contributed by atoms with van der Waals surface area (Å²) in [4.78, 5) is 12.0. The number of carbonyl (C=O) groups excluding carboxylic acids is 1. The third-order valence-corrected chi connectivity index (χ3v) is 4.08. The summed E-state index contributed by atoms with van der Waals surface area (Å²) in [5.41, 5.74) is 0.853. The van der Waals surface area contributed by atoms with Crippen molar-refractivity contribution in [3.8, 4) is 5.69 Å². The fourth-order valence-corrected chi connectivity index (χ4v) is 2.70. The molecule has 0 unspecified atom stereocenters. The summed E-state index contributed by atoms with van der Waals surface area (Å²) in [6.45, 7) is 0.233. The molecule has 1 aromatic heterocycles. The van der Waals surface area contributed by atoms with Crippen molar-refractivity contribution in [3.05, 3.63) is 90.3 Å². The lowest BCUT2D eigenvalue weighted by atomic mass is 10.1. The number of benzene rings is 2. The molecule has 0 spiro atoms. The second-order valence-corrected chi connectivity index (χ2v) is 6.08. The van der Waals surface area contributed by atoms with Crippen LogP contribution in [0.25, 0.3) is 11.3 Å². The Morgan fingerprint density at radius 3 is 2.36 bits per heavy atom. The van der Waals surface area contributed by atoms with E-state index in [0.717, 1.165) is 11.3 Å². The normalized spacial score (nSPS) is 12.0. The summed E-state index contributed by atoms with van der Waals surface area (Å²) in [5, 5.41) is 6.65. The van der Waals surface area contributed by atoms with Crippen LogP contribution in [0.3, 0.4) is 0 Å². The first-order valence-electron chi connectivity index (χ1n) is 8.64. The maximum Gasteiger partial charge on any atom is 0.417 e. The van der Waals surface area contributed by atoms with Gasteiger partial charge in [-0.1, -0.05) is 42.5 Å². The highest BCUT2D eigenvalue weighted by Gasteiger charge is 2.35. The van der Waals surface area contributed by atoms with Crippen molar-refractivity contribution in [1.82, 2.24) is 15.1 Å². The molecule has 0 saturated heterocycles. The van der Waals surface area contributed by atoms with Gasteiger partial charge in [0, 0.05) is 25.0 Å². The molecule has 0 aliphatic carbocycles. The minimum Gasteiger partial charge on any atom is -0.352 e. The molecular formula is C21H18F3N3O. The molecule has 0 bridgehead atoms. The van der Waals surface area contributed by atoms with Crippen LogP contribution in [-0.4, -0.2) is 28.4 Å². The third-order valence-electron chi connectivity index (χ3n) is 4.08. The molecule has 1 N–H and O–H groups in total. The Kier molecular flexibility index (Phi) is 5.93. The van der Waals surface area contributed by atoms with Crippen molar-refractivity contribution in [2.45, 2.75) is 12.6 Å². The molecule has 0 atom stereocenters. The van der Waals surface area contributed by atoms with E-state index in [4.69, 9.17) is 0 Å². The zero-order chi connectivity index (χ0) is 20.0. The van der Waals surface area contributed by atoms with Crippen LogP contribution in [0.4, 0.5) is 13.2 Å². The topological polar surface area (TPSA) is 46.9 Å². The van der Waals surface area contributed by atoms with Gasteiger partial charge in [-0.2, -0.15) is 18.3 Å². The van der Waals surface area contributed by atoms with Gasteiger partial charge in [-0.25, -0.2) is 4.68 Å². The first-order chi connectivity index (χ1) is 13.4. The van der Waals surface area contributed by atoms with E-state index in [2.05, 4.69) is 10.4 Å². The largest absolute Gasteiger partial charge is 0.417 e. The Balaban J connectivity index is 1.59. The van der Waals surface area contributed by atoms with Gasteiger partial charge in [-0.05, 0) is 35.7 Å². The van der Waals surface area contributed by atoms with Gasteiger partial charge in [0.15, 0.2) is 0 Å². The van der Waals surface area contributed by atoms with E-state index in [1.54, 1.807) is 16.9 Å². The predicted molar refractivity (Wildman–Crippen MR) is 101 cm³/mol. The van der Waals surface area contributed by atoms with Gasteiger partial charge in [0.05, 0.1) is 11.3 Å². The maximum atomic E-state index is 13.3. The van der Waals surface area contributed by atoms with Crippen molar-refractivity contribution >= 4 is 11.5 Å². The minimum absolute atomic E-state index is 0.0423. The van der Waals surface area contributed by atoms with Crippen LogP contribution in [0, 0.1) is 0 Å². The summed E-state index contributed by atoms with van der Waals surface area (Å²) < 4.78 is 41.5. The molecule has 3 rings (SSSR count). The molecule has 7 heteroatoms. The molecule has 3 aromatic rings. The van der Waals surface area contributed by atoms with Crippen LogP contribution in [0.5, 0.6) is 0 Å². The van der Waals surface area contributed by atoms with E-state index < -0.39 is 17.7 Å². The molecule has 0 aliphatic heterocycles. The molecule has 0 aliphatic rings.